The van der Waals surface area contributed by atoms with E-state index in [-0.39, 0.29) is 5.91 Å². The van der Waals surface area contributed by atoms with Gasteiger partial charge in [0.2, 0.25) is 0 Å². The number of benzene rings is 3. The van der Waals surface area contributed by atoms with E-state index in [0.717, 1.165) is 15.6 Å². The molecule has 25 heavy (non-hydrogen) atoms. The molecule has 0 fully saturated rings. The molecule has 0 aliphatic heterocycles. The smallest absolute Gasteiger partial charge is 0.255 e. The maximum absolute atomic E-state index is 12.5. The second-order valence-electron chi connectivity index (χ2n) is 5.69. The lowest BCUT2D eigenvalue weighted by molar-refractivity contribution is 0.102. The summed E-state index contributed by atoms with van der Waals surface area (Å²) in [6, 6.07) is 22.9. The van der Waals surface area contributed by atoms with E-state index in [1.807, 2.05) is 79.7 Å². The van der Waals surface area contributed by atoms with Crippen molar-refractivity contribution >= 4 is 27.5 Å². The first-order chi connectivity index (χ1) is 12.1. The van der Waals surface area contributed by atoms with Crippen LogP contribution >= 0.6 is 15.9 Å². The molecule has 4 heteroatoms. The average Bonchev–Trinajstić information content (AvgIpc) is 2.64. The molecule has 0 bridgehead atoms. The van der Waals surface area contributed by atoms with E-state index < -0.39 is 0 Å². The van der Waals surface area contributed by atoms with Gasteiger partial charge in [0.15, 0.2) is 0 Å². The van der Waals surface area contributed by atoms with E-state index in [2.05, 4.69) is 21.2 Å². The fourth-order valence-corrected chi connectivity index (χ4v) is 2.74. The Morgan fingerprint density at radius 3 is 2.48 bits per heavy atom. The molecule has 0 aliphatic carbocycles. The zero-order valence-corrected chi connectivity index (χ0v) is 15.4. The number of anilines is 1. The third kappa shape index (κ3) is 4.48. The summed E-state index contributed by atoms with van der Waals surface area (Å²) in [5.74, 6) is 0.474. The van der Waals surface area contributed by atoms with E-state index in [9.17, 15) is 4.79 Å². The van der Waals surface area contributed by atoms with E-state index in [1.165, 1.54) is 0 Å². The molecule has 0 saturated carbocycles. The van der Waals surface area contributed by atoms with Gasteiger partial charge in [-0.3, -0.25) is 4.79 Å². The minimum atomic E-state index is -0.170. The zero-order valence-electron chi connectivity index (χ0n) is 13.8. The van der Waals surface area contributed by atoms with Crippen LogP contribution in [0.3, 0.4) is 0 Å². The SMILES string of the molecule is Cc1ccc(C(=O)Nc2ccccc2OCc2ccccc2)cc1Br. The number of rotatable bonds is 5. The number of carbonyl (C=O) groups is 1. The molecular formula is C21H18BrNO2. The molecule has 0 aliphatic rings. The number of hydrogen-bond donors (Lipinski definition) is 1. The molecule has 1 amide bonds. The van der Waals surface area contributed by atoms with Crippen LogP contribution in [0.25, 0.3) is 0 Å². The second kappa shape index (κ2) is 7.99. The van der Waals surface area contributed by atoms with Gasteiger partial charge in [0, 0.05) is 10.0 Å². The fourth-order valence-electron chi connectivity index (χ4n) is 2.36. The van der Waals surface area contributed by atoms with Crippen LogP contribution in [0.4, 0.5) is 5.69 Å². The van der Waals surface area contributed by atoms with Crippen molar-refractivity contribution in [1.82, 2.24) is 0 Å². The van der Waals surface area contributed by atoms with Crippen molar-refractivity contribution in [2.75, 3.05) is 5.32 Å². The van der Waals surface area contributed by atoms with Crippen LogP contribution in [0.2, 0.25) is 0 Å². The molecule has 3 aromatic carbocycles. The first-order valence-electron chi connectivity index (χ1n) is 7.97. The lowest BCUT2D eigenvalue weighted by Gasteiger charge is -2.13. The molecule has 0 radical (unpaired) electrons. The van der Waals surface area contributed by atoms with Crippen LogP contribution in [0.1, 0.15) is 21.5 Å². The van der Waals surface area contributed by atoms with Gasteiger partial charge in [-0.2, -0.15) is 0 Å². The Hall–Kier alpha value is -2.59. The largest absolute Gasteiger partial charge is 0.487 e. The Morgan fingerprint density at radius 1 is 1.00 bits per heavy atom. The summed E-state index contributed by atoms with van der Waals surface area (Å²) in [5, 5.41) is 2.93. The molecule has 3 aromatic rings. The predicted octanol–water partition coefficient (Wildman–Crippen LogP) is 5.59. The van der Waals surface area contributed by atoms with E-state index in [0.29, 0.717) is 23.6 Å². The lowest BCUT2D eigenvalue weighted by atomic mass is 10.1. The summed E-state index contributed by atoms with van der Waals surface area (Å²) in [6.45, 7) is 2.43. The summed E-state index contributed by atoms with van der Waals surface area (Å²) < 4.78 is 6.79. The number of halogens is 1. The van der Waals surface area contributed by atoms with Gasteiger partial charge in [-0.25, -0.2) is 0 Å². The summed E-state index contributed by atoms with van der Waals surface area (Å²) in [5.41, 5.74) is 3.41. The monoisotopic (exact) mass is 395 g/mol. The highest BCUT2D eigenvalue weighted by Crippen LogP contribution is 2.26. The zero-order chi connectivity index (χ0) is 17.6. The van der Waals surface area contributed by atoms with E-state index in [1.54, 1.807) is 0 Å². The van der Waals surface area contributed by atoms with Crippen molar-refractivity contribution in [2.45, 2.75) is 13.5 Å². The average molecular weight is 396 g/mol. The molecule has 3 nitrogen and oxygen atoms in total. The Labute approximate surface area is 155 Å². The highest BCUT2D eigenvalue weighted by Gasteiger charge is 2.11. The number of hydrogen-bond acceptors (Lipinski definition) is 2. The number of amides is 1. The van der Waals surface area contributed by atoms with Crippen molar-refractivity contribution in [1.29, 1.82) is 0 Å². The van der Waals surface area contributed by atoms with Crippen molar-refractivity contribution in [3.05, 3.63) is 94.0 Å². The quantitative estimate of drug-likeness (QED) is 0.611. The van der Waals surface area contributed by atoms with Crippen LogP contribution < -0.4 is 10.1 Å². The van der Waals surface area contributed by atoms with Crippen molar-refractivity contribution in [3.63, 3.8) is 0 Å². The molecule has 126 valence electrons. The van der Waals surface area contributed by atoms with Gasteiger partial charge in [-0.1, -0.05) is 64.5 Å². The maximum atomic E-state index is 12.5. The highest BCUT2D eigenvalue weighted by atomic mass is 79.9. The Morgan fingerprint density at radius 2 is 1.72 bits per heavy atom. The normalized spacial score (nSPS) is 10.3. The number of para-hydroxylation sites is 2. The van der Waals surface area contributed by atoms with Crippen molar-refractivity contribution in [3.8, 4) is 5.75 Å². The number of carbonyl (C=O) groups excluding carboxylic acids is 1. The van der Waals surface area contributed by atoms with Crippen LogP contribution in [0.5, 0.6) is 5.75 Å². The number of aryl methyl sites for hydroxylation is 1. The summed E-state index contributed by atoms with van der Waals surface area (Å²) in [6.07, 6.45) is 0. The lowest BCUT2D eigenvalue weighted by Crippen LogP contribution is -2.13. The Kier molecular flexibility index (Phi) is 5.51. The standard InChI is InChI=1S/C21H18BrNO2/c1-15-11-12-17(13-18(15)22)21(24)23-19-9-5-6-10-20(19)25-14-16-7-3-2-4-8-16/h2-13H,14H2,1H3,(H,23,24). The molecule has 0 spiro atoms. The van der Waals surface area contributed by atoms with Gasteiger partial charge in [0.1, 0.15) is 12.4 Å². The van der Waals surface area contributed by atoms with Gasteiger partial charge >= 0.3 is 0 Å². The Balaban J connectivity index is 1.74. The molecule has 1 N–H and O–H groups in total. The summed E-state index contributed by atoms with van der Waals surface area (Å²) in [7, 11) is 0. The highest BCUT2D eigenvalue weighted by molar-refractivity contribution is 9.10. The number of ether oxygens (including phenoxy) is 1. The van der Waals surface area contributed by atoms with Gasteiger partial charge in [-0.15, -0.1) is 0 Å². The van der Waals surface area contributed by atoms with E-state index >= 15 is 0 Å². The minimum absolute atomic E-state index is 0.170. The minimum Gasteiger partial charge on any atom is -0.487 e. The number of nitrogens with one attached hydrogen (secondary N) is 1. The van der Waals surface area contributed by atoms with Crippen molar-refractivity contribution in [2.24, 2.45) is 0 Å². The molecule has 3 rings (SSSR count). The summed E-state index contributed by atoms with van der Waals surface area (Å²) in [4.78, 5) is 12.5. The Bertz CT molecular complexity index is 878. The first-order valence-corrected chi connectivity index (χ1v) is 8.76. The molecule has 0 atom stereocenters. The van der Waals surface area contributed by atoms with Gasteiger partial charge in [0.25, 0.3) is 5.91 Å². The predicted molar refractivity (Wildman–Crippen MR) is 104 cm³/mol. The molecular weight excluding hydrogens is 378 g/mol. The first kappa shape index (κ1) is 17.2. The molecule has 0 unspecified atom stereocenters. The molecule has 0 saturated heterocycles. The van der Waals surface area contributed by atoms with Crippen LogP contribution in [-0.4, -0.2) is 5.91 Å². The fraction of sp³-hybridized carbons (Fsp3) is 0.0952. The molecule has 0 heterocycles. The van der Waals surface area contributed by atoms with Crippen LogP contribution in [0.15, 0.2) is 77.3 Å². The third-order valence-electron chi connectivity index (χ3n) is 3.81. The second-order valence-corrected chi connectivity index (χ2v) is 6.54. The topological polar surface area (TPSA) is 38.3 Å². The van der Waals surface area contributed by atoms with Gasteiger partial charge in [0.05, 0.1) is 5.69 Å². The van der Waals surface area contributed by atoms with Gasteiger partial charge in [-0.05, 0) is 42.3 Å². The van der Waals surface area contributed by atoms with E-state index in [4.69, 9.17) is 4.74 Å². The third-order valence-corrected chi connectivity index (χ3v) is 4.66. The van der Waals surface area contributed by atoms with Gasteiger partial charge < -0.3 is 10.1 Å². The summed E-state index contributed by atoms with van der Waals surface area (Å²) >= 11 is 3.46. The molecule has 0 aromatic heterocycles. The van der Waals surface area contributed by atoms with Crippen molar-refractivity contribution < 1.29 is 9.53 Å². The maximum Gasteiger partial charge on any atom is 0.255 e. The van der Waals surface area contributed by atoms with Crippen LogP contribution in [-0.2, 0) is 6.61 Å². The van der Waals surface area contributed by atoms with Crippen LogP contribution in [0, 0.1) is 6.92 Å².